The number of nitrogens with zero attached hydrogens (tertiary/aromatic N) is 4. The number of aryl methyl sites for hydroxylation is 3. The van der Waals surface area contributed by atoms with E-state index in [9.17, 15) is 9.18 Å². The molecule has 156 valence electrons. The van der Waals surface area contributed by atoms with Crippen molar-refractivity contribution in [2.75, 3.05) is 5.32 Å². The van der Waals surface area contributed by atoms with Gasteiger partial charge in [0.1, 0.15) is 17.2 Å². The monoisotopic (exact) mass is 433 g/mol. The molecule has 3 aromatic heterocycles. The van der Waals surface area contributed by atoms with E-state index in [4.69, 9.17) is 0 Å². The maximum absolute atomic E-state index is 14.5. The molecule has 1 N–H and O–H groups in total. The van der Waals surface area contributed by atoms with E-state index >= 15 is 0 Å². The molecule has 1 aliphatic heterocycles. The molecular formula is C23H20FN5OS. The standard InChI is InChI=1S/C23H20FN5OS/c1-13-10-14(2)25-17(11-13)18-12-31-23(26-18)27-22(30)20-19-8-5-9-29(19)28-21(20)15-6-3-4-7-16(15)24/h3-4,6-7,10-12H,5,8-9H2,1-2H3,(H,26,27,30). The molecule has 0 bridgehead atoms. The van der Waals surface area contributed by atoms with E-state index in [0.717, 1.165) is 42.0 Å². The quantitative estimate of drug-likeness (QED) is 0.490. The van der Waals surface area contributed by atoms with Crippen LogP contribution in [0.25, 0.3) is 22.6 Å². The van der Waals surface area contributed by atoms with Gasteiger partial charge < -0.3 is 0 Å². The highest BCUT2D eigenvalue weighted by atomic mass is 32.1. The molecule has 0 atom stereocenters. The summed E-state index contributed by atoms with van der Waals surface area (Å²) in [6.45, 7) is 4.68. The summed E-state index contributed by atoms with van der Waals surface area (Å²) in [5.41, 5.74) is 5.46. The van der Waals surface area contributed by atoms with Gasteiger partial charge in [-0.15, -0.1) is 11.3 Å². The Hall–Kier alpha value is -3.39. The van der Waals surface area contributed by atoms with Crippen LogP contribution >= 0.6 is 11.3 Å². The number of fused-ring (bicyclic) bond motifs is 1. The summed E-state index contributed by atoms with van der Waals surface area (Å²) in [5, 5.41) is 9.78. The van der Waals surface area contributed by atoms with E-state index in [1.807, 2.05) is 36.0 Å². The Morgan fingerprint density at radius 2 is 2.00 bits per heavy atom. The summed E-state index contributed by atoms with van der Waals surface area (Å²) in [6.07, 6.45) is 1.65. The number of carbonyl (C=O) groups excluding carboxylic acids is 1. The van der Waals surface area contributed by atoms with Gasteiger partial charge >= 0.3 is 0 Å². The molecule has 31 heavy (non-hydrogen) atoms. The molecule has 0 spiro atoms. The van der Waals surface area contributed by atoms with Crippen LogP contribution in [0.2, 0.25) is 0 Å². The third-order valence-corrected chi connectivity index (χ3v) is 6.04. The molecule has 0 saturated heterocycles. The summed E-state index contributed by atoms with van der Waals surface area (Å²) in [7, 11) is 0. The summed E-state index contributed by atoms with van der Waals surface area (Å²) in [5.74, 6) is -0.721. The summed E-state index contributed by atoms with van der Waals surface area (Å²) in [4.78, 5) is 22.3. The van der Waals surface area contributed by atoms with Crippen LogP contribution in [0.15, 0.2) is 41.8 Å². The number of pyridine rings is 1. The third kappa shape index (κ3) is 3.63. The van der Waals surface area contributed by atoms with Gasteiger partial charge in [0.05, 0.1) is 17.0 Å². The van der Waals surface area contributed by atoms with Gasteiger partial charge in [-0.05, 0) is 56.5 Å². The number of benzene rings is 1. The number of hydrogen-bond acceptors (Lipinski definition) is 5. The molecule has 1 aliphatic rings. The molecule has 8 heteroatoms. The molecule has 4 aromatic rings. The highest BCUT2D eigenvalue weighted by Gasteiger charge is 2.29. The highest BCUT2D eigenvalue weighted by Crippen LogP contribution is 2.32. The lowest BCUT2D eigenvalue weighted by atomic mass is 10.0. The fourth-order valence-corrected chi connectivity index (χ4v) is 4.69. The van der Waals surface area contributed by atoms with Crippen molar-refractivity contribution in [1.82, 2.24) is 19.7 Å². The summed E-state index contributed by atoms with van der Waals surface area (Å²) >= 11 is 1.34. The highest BCUT2D eigenvalue weighted by molar-refractivity contribution is 7.14. The predicted octanol–water partition coefficient (Wildman–Crippen LogP) is 5.02. The number of hydrogen-bond donors (Lipinski definition) is 1. The van der Waals surface area contributed by atoms with Crippen LogP contribution in [0.3, 0.4) is 0 Å². The van der Waals surface area contributed by atoms with Gasteiger partial charge in [-0.2, -0.15) is 5.10 Å². The first kappa shape index (κ1) is 19.6. The Morgan fingerprint density at radius 3 is 2.81 bits per heavy atom. The number of halogens is 1. The summed E-state index contributed by atoms with van der Waals surface area (Å²) < 4.78 is 16.3. The van der Waals surface area contributed by atoms with Gasteiger partial charge in [-0.25, -0.2) is 9.37 Å². The average Bonchev–Trinajstić information content (AvgIpc) is 3.43. The normalized spacial score (nSPS) is 12.7. The van der Waals surface area contributed by atoms with Crippen molar-refractivity contribution in [3.8, 4) is 22.6 Å². The fraction of sp³-hybridized carbons (Fsp3) is 0.217. The molecule has 4 heterocycles. The van der Waals surface area contributed by atoms with Gasteiger partial charge in [-0.1, -0.05) is 12.1 Å². The molecule has 6 nitrogen and oxygen atoms in total. The smallest absolute Gasteiger partial charge is 0.261 e. The Bertz CT molecular complexity index is 1290. The zero-order chi connectivity index (χ0) is 21.5. The lowest BCUT2D eigenvalue weighted by Gasteiger charge is -2.06. The van der Waals surface area contributed by atoms with Crippen LogP contribution in [-0.4, -0.2) is 25.7 Å². The Balaban J connectivity index is 1.48. The van der Waals surface area contributed by atoms with Gasteiger partial charge in [0.2, 0.25) is 0 Å². The van der Waals surface area contributed by atoms with Crippen molar-refractivity contribution >= 4 is 22.4 Å². The van der Waals surface area contributed by atoms with E-state index in [1.54, 1.807) is 18.2 Å². The second kappa shape index (κ2) is 7.70. The molecule has 0 radical (unpaired) electrons. The zero-order valence-electron chi connectivity index (χ0n) is 17.1. The van der Waals surface area contributed by atoms with E-state index in [2.05, 4.69) is 20.4 Å². The number of rotatable bonds is 4. The first-order valence-electron chi connectivity index (χ1n) is 10.1. The number of carbonyl (C=O) groups is 1. The van der Waals surface area contributed by atoms with Crippen molar-refractivity contribution < 1.29 is 9.18 Å². The SMILES string of the molecule is Cc1cc(C)nc(-c2csc(NC(=O)c3c(-c4ccccc4F)nn4c3CCC4)n2)c1. The minimum atomic E-state index is -0.397. The molecule has 0 aliphatic carbocycles. The van der Waals surface area contributed by atoms with Crippen molar-refractivity contribution in [1.29, 1.82) is 0 Å². The van der Waals surface area contributed by atoms with E-state index in [-0.39, 0.29) is 5.91 Å². The zero-order valence-corrected chi connectivity index (χ0v) is 18.0. The molecular weight excluding hydrogens is 413 g/mol. The fourth-order valence-electron chi connectivity index (χ4n) is 3.99. The van der Waals surface area contributed by atoms with Crippen LogP contribution in [0.1, 0.15) is 33.7 Å². The van der Waals surface area contributed by atoms with Crippen LogP contribution < -0.4 is 5.32 Å². The van der Waals surface area contributed by atoms with Gasteiger partial charge in [0.25, 0.3) is 5.91 Å². The molecule has 0 unspecified atom stereocenters. The van der Waals surface area contributed by atoms with Crippen molar-refractivity contribution in [3.63, 3.8) is 0 Å². The Kier molecular flexibility index (Phi) is 4.86. The van der Waals surface area contributed by atoms with Crippen molar-refractivity contribution in [2.45, 2.75) is 33.2 Å². The second-order valence-electron chi connectivity index (χ2n) is 7.64. The van der Waals surface area contributed by atoms with E-state index in [1.165, 1.54) is 17.4 Å². The lowest BCUT2D eigenvalue weighted by Crippen LogP contribution is -2.14. The van der Waals surface area contributed by atoms with E-state index in [0.29, 0.717) is 27.6 Å². The topological polar surface area (TPSA) is 72.7 Å². The summed E-state index contributed by atoms with van der Waals surface area (Å²) in [6, 6.07) is 10.4. The first-order valence-corrected chi connectivity index (χ1v) is 10.9. The molecule has 1 amide bonds. The third-order valence-electron chi connectivity index (χ3n) is 5.28. The van der Waals surface area contributed by atoms with Crippen LogP contribution in [0, 0.1) is 19.7 Å². The number of amides is 1. The number of anilines is 1. The van der Waals surface area contributed by atoms with Gasteiger partial charge in [0.15, 0.2) is 5.13 Å². The van der Waals surface area contributed by atoms with Crippen molar-refractivity contribution in [2.24, 2.45) is 0 Å². The molecule has 1 aromatic carbocycles. The lowest BCUT2D eigenvalue weighted by molar-refractivity contribution is 0.102. The van der Waals surface area contributed by atoms with Crippen LogP contribution in [0.4, 0.5) is 9.52 Å². The molecule has 0 fully saturated rings. The van der Waals surface area contributed by atoms with Gasteiger partial charge in [0, 0.05) is 23.2 Å². The van der Waals surface area contributed by atoms with Crippen LogP contribution in [0.5, 0.6) is 0 Å². The maximum atomic E-state index is 14.5. The minimum Gasteiger partial charge on any atom is -0.298 e. The minimum absolute atomic E-state index is 0.323. The number of nitrogens with one attached hydrogen (secondary N) is 1. The first-order chi connectivity index (χ1) is 15.0. The predicted molar refractivity (Wildman–Crippen MR) is 119 cm³/mol. The number of thiazole rings is 1. The maximum Gasteiger partial charge on any atom is 0.261 e. The van der Waals surface area contributed by atoms with Crippen molar-refractivity contribution in [3.05, 3.63) is 70.1 Å². The Morgan fingerprint density at radius 1 is 1.16 bits per heavy atom. The Labute approximate surface area is 182 Å². The van der Waals surface area contributed by atoms with E-state index < -0.39 is 5.82 Å². The van der Waals surface area contributed by atoms with Gasteiger partial charge in [-0.3, -0.25) is 19.8 Å². The number of aromatic nitrogens is 4. The largest absolute Gasteiger partial charge is 0.298 e. The average molecular weight is 434 g/mol. The molecule has 5 rings (SSSR count). The second-order valence-corrected chi connectivity index (χ2v) is 8.50. The molecule has 0 saturated carbocycles. The van der Waals surface area contributed by atoms with Crippen LogP contribution in [-0.2, 0) is 13.0 Å².